The zero-order chi connectivity index (χ0) is 16.8. The summed E-state index contributed by atoms with van der Waals surface area (Å²) in [5, 5.41) is 0. The molecule has 0 aromatic carbocycles. The van der Waals surface area contributed by atoms with Crippen LogP contribution in [0.1, 0.15) is 65.7 Å². The highest BCUT2D eigenvalue weighted by Gasteiger charge is 2.57. The van der Waals surface area contributed by atoms with E-state index in [1.54, 1.807) is 6.92 Å². The highest BCUT2D eigenvalue weighted by Crippen LogP contribution is 2.59. The van der Waals surface area contributed by atoms with E-state index in [0.29, 0.717) is 18.3 Å². The van der Waals surface area contributed by atoms with E-state index in [4.69, 9.17) is 9.47 Å². The minimum atomic E-state index is -0.784. The molecule has 4 aliphatic carbocycles. The van der Waals surface area contributed by atoms with Gasteiger partial charge in [0.15, 0.2) is 0 Å². The van der Waals surface area contributed by atoms with Crippen molar-refractivity contribution in [1.82, 2.24) is 0 Å². The Bertz CT molecular complexity index is 470. The van der Waals surface area contributed by atoms with Gasteiger partial charge >= 0.3 is 11.9 Å². The molecule has 0 spiro atoms. The van der Waals surface area contributed by atoms with E-state index in [1.807, 2.05) is 6.92 Å². The molecule has 0 aromatic rings. The Kier molecular flexibility index (Phi) is 4.22. The predicted octanol–water partition coefficient (Wildman–Crippen LogP) is 3.72. The zero-order valence-electron chi connectivity index (χ0n) is 14.9. The molecule has 1 atom stereocenters. The molecule has 4 heteroatoms. The third-order valence-electron chi connectivity index (χ3n) is 7.09. The van der Waals surface area contributed by atoms with Crippen LogP contribution in [0.2, 0.25) is 0 Å². The third kappa shape index (κ3) is 2.78. The molecule has 0 heterocycles. The number of ether oxygens (including phenoxy) is 2. The first-order chi connectivity index (χ1) is 10.8. The van der Waals surface area contributed by atoms with Crippen LogP contribution in [0.4, 0.5) is 0 Å². The molecule has 0 saturated heterocycles. The van der Waals surface area contributed by atoms with E-state index in [2.05, 4.69) is 6.92 Å². The first-order valence-electron chi connectivity index (χ1n) is 9.11. The lowest BCUT2D eigenvalue weighted by molar-refractivity contribution is -0.206. The molecule has 0 N–H and O–H groups in total. The van der Waals surface area contributed by atoms with Gasteiger partial charge in [-0.05, 0) is 76.0 Å². The summed E-state index contributed by atoms with van der Waals surface area (Å²) in [5.74, 6) is 2.14. The van der Waals surface area contributed by atoms with Crippen molar-refractivity contribution in [3.05, 3.63) is 0 Å². The van der Waals surface area contributed by atoms with Gasteiger partial charge in [0.1, 0.15) is 5.60 Å². The Labute approximate surface area is 139 Å². The van der Waals surface area contributed by atoms with Gasteiger partial charge in [0, 0.05) is 0 Å². The normalized spacial score (nSPS) is 40.5. The minimum Gasteiger partial charge on any atom is -0.469 e. The van der Waals surface area contributed by atoms with Crippen molar-refractivity contribution >= 4 is 11.9 Å². The van der Waals surface area contributed by atoms with Gasteiger partial charge < -0.3 is 9.47 Å². The summed E-state index contributed by atoms with van der Waals surface area (Å²) in [7, 11) is 1.38. The van der Waals surface area contributed by atoms with Gasteiger partial charge in [-0.15, -0.1) is 0 Å². The summed E-state index contributed by atoms with van der Waals surface area (Å²) in [6.07, 6.45) is 6.89. The van der Waals surface area contributed by atoms with Crippen molar-refractivity contribution in [2.75, 3.05) is 7.11 Å². The largest absolute Gasteiger partial charge is 0.469 e. The molecule has 4 rings (SSSR count). The van der Waals surface area contributed by atoms with E-state index in [0.717, 1.165) is 11.8 Å². The van der Waals surface area contributed by atoms with Crippen LogP contribution in [-0.4, -0.2) is 24.6 Å². The number of hydrogen-bond acceptors (Lipinski definition) is 4. The van der Waals surface area contributed by atoms with Crippen molar-refractivity contribution in [3.8, 4) is 0 Å². The maximum Gasteiger partial charge on any atom is 0.312 e. The van der Waals surface area contributed by atoms with Crippen molar-refractivity contribution in [3.63, 3.8) is 0 Å². The van der Waals surface area contributed by atoms with Gasteiger partial charge in [-0.2, -0.15) is 0 Å². The summed E-state index contributed by atoms with van der Waals surface area (Å²) in [6, 6.07) is 0. The Hall–Kier alpha value is -1.06. The number of carbonyl (C=O) groups excluding carboxylic acids is 2. The fourth-order valence-corrected chi connectivity index (χ4v) is 5.47. The van der Waals surface area contributed by atoms with Gasteiger partial charge in [0.25, 0.3) is 0 Å². The first kappa shape index (κ1) is 16.8. The van der Waals surface area contributed by atoms with Crippen LogP contribution in [0.5, 0.6) is 0 Å². The van der Waals surface area contributed by atoms with E-state index < -0.39 is 5.41 Å². The van der Waals surface area contributed by atoms with E-state index >= 15 is 0 Å². The second-order valence-corrected chi connectivity index (χ2v) is 8.54. The average molecular weight is 322 g/mol. The fraction of sp³-hybridized carbons (Fsp3) is 0.895. The maximum absolute atomic E-state index is 12.6. The molecule has 4 saturated carbocycles. The van der Waals surface area contributed by atoms with E-state index in [1.165, 1.54) is 39.2 Å². The maximum atomic E-state index is 12.6. The zero-order valence-corrected chi connectivity index (χ0v) is 14.9. The molecule has 0 aliphatic heterocycles. The van der Waals surface area contributed by atoms with Crippen LogP contribution in [-0.2, 0) is 19.1 Å². The van der Waals surface area contributed by atoms with Crippen LogP contribution in [0.25, 0.3) is 0 Å². The van der Waals surface area contributed by atoms with Crippen molar-refractivity contribution in [2.24, 2.45) is 29.1 Å². The van der Waals surface area contributed by atoms with Gasteiger partial charge in [-0.3, -0.25) is 9.59 Å². The number of rotatable bonds is 5. The van der Waals surface area contributed by atoms with Gasteiger partial charge in [0.05, 0.1) is 18.9 Å². The fourth-order valence-electron chi connectivity index (χ4n) is 5.47. The van der Waals surface area contributed by atoms with Crippen LogP contribution < -0.4 is 0 Å². The summed E-state index contributed by atoms with van der Waals surface area (Å²) < 4.78 is 10.9. The molecule has 1 unspecified atom stereocenters. The summed E-state index contributed by atoms with van der Waals surface area (Å²) in [5.41, 5.74) is -1.11. The average Bonchev–Trinajstić information content (AvgIpc) is 2.51. The van der Waals surface area contributed by atoms with Crippen LogP contribution in [0, 0.1) is 29.1 Å². The molecule has 130 valence electrons. The second-order valence-electron chi connectivity index (χ2n) is 8.54. The SMILES string of the molecule is CCC(C)(CC(=O)OC1(C)C2CC3CC(C2)CC1C3)C(=O)OC. The Morgan fingerprint density at radius 3 is 2.04 bits per heavy atom. The molecule has 0 amide bonds. The highest BCUT2D eigenvalue weighted by atomic mass is 16.6. The summed E-state index contributed by atoms with van der Waals surface area (Å²) >= 11 is 0. The Balaban J connectivity index is 1.69. The number of hydrogen-bond donors (Lipinski definition) is 0. The Morgan fingerprint density at radius 1 is 1.09 bits per heavy atom. The molecular formula is C19H30O4. The molecule has 4 fully saturated rings. The molecule has 23 heavy (non-hydrogen) atoms. The number of methoxy groups -OCH3 is 1. The molecule has 0 aromatic heterocycles. The van der Waals surface area contributed by atoms with Crippen LogP contribution in [0.15, 0.2) is 0 Å². The smallest absolute Gasteiger partial charge is 0.312 e. The van der Waals surface area contributed by atoms with Crippen molar-refractivity contribution < 1.29 is 19.1 Å². The van der Waals surface area contributed by atoms with E-state index in [-0.39, 0.29) is 24.0 Å². The monoisotopic (exact) mass is 322 g/mol. The van der Waals surface area contributed by atoms with E-state index in [9.17, 15) is 9.59 Å². The van der Waals surface area contributed by atoms with Crippen LogP contribution in [0.3, 0.4) is 0 Å². The third-order valence-corrected chi connectivity index (χ3v) is 7.09. The number of carbonyl (C=O) groups is 2. The van der Waals surface area contributed by atoms with Gasteiger partial charge in [-0.1, -0.05) is 6.92 Å². The Morgan fingerprint density at radius 2 is 1.61 bits per heavy atom. The first-order valence-corrected chi connectivity index (χ1v) is 9.11. The summed E-state index contributed by atoms with van der Waals surface area (Å²) in [4.78, 5) is 24.6. The van der Waals surface area contributed by atoms with Crippen molar-refractivity contribution in [1.29, 1.82) is 0 Å². The van der Waals surface area contributed by atoms with Crippen molar-refractivity contribution in [2.45, 2.75) is 71.3 Å². The lowest BCUT2D eigenvalue weighted by atomic mass is 9.50. The van der Waals surface area contributed by atoms with Gasteiger partial charge in [0.2, 0.25) is 0 Å². The highest BCUT2D eigenvalue weighted by molar-refractivity contribution is 5.83. The summed E-state index contributed by atoms with van der Waals surface area (Å²) in [6.45, 7) is 5.84. The quantitative estimate of drug-likeness (QED) is 0.724. The minimum absolute atomic E-state index is 0.109. The molecule has 4 nitrogen and oxygen atoms in total. The topological polar surface area (TPSA) is 52.6 Å². The lowest BCUT2D eigenvalue weighted by Gasteiger charge is -2.59. The molecular weight excluding hydrogens is 292 g/mol. The number of esters is 2. The molecule has 4 aliphatic rings. The van der Waals surface area contributed by atoms with Crippen LogP contribution >= 0.6 is 0 Å². The predicted molar refractivity (Wildman–Crippen MR) is 86.6 cm³/mol. The molecule has 0 radical (unpaired) electrons. The standard InChI is InChI=1S/C19H30O4/c1-5-18(2,17(21)22-4)11-16(20)23-19(3)14-7-12-6-13(9-14)10-15(19)8-12/h12-15H,5-11H2,1-4H3. The lowest BCUT2D eigenvalue weighted by Crippen LogP contribution is -2.58. The molecule has 4 bridgehead atoms. The van der Waals surface area contributed by atoms with Gasteiger partial charge in [-0.25, -0.2) is 0 Å². The second kappa shape index (κ2) is 5.78.